The van der Waals surface area contributed by atoms with Crippen LogP contribution in [0.2, 0.25) is 5.02 Å². The van der Waals surface area contributed by atoms with Crippen LogP contribution in [-0.2, 0) is 4.79 Å². The zero-order valence-corrected chi connectivity index (χ0v) is 9.27. The fourth-order valence-corrected chi connectivity index (χ4v) is 1.64. The Morgan fingerprint density at radius 3 is 2.94 bits per heavy atom. The van der Waals surface area contributed by atoms with Gasteiger partial charge in [-0.1, -0.05) is 11.6 Å². The first-order valence-corrected chi connectivity index (χ1v) is 4.96. The van der Waals surface area contributed by atoms with Gasteiger partial charge in [0.25, 0.3) is 0 Å². The van der Waals surface area contributed by atoms with Gasteiger partial charge in [0.15, 0.2) is 5.65 Å². The molecule has 0 saturated heterocycles. The normalized spacial score (nSPS) is 12.9. The number of nitrogens with two attached hydrogens (primary N) is 2. The third-order valence-corrected chi connectivity index (χ3v) is 2.53. The molecule has 0 bridgehead atoms. The summed E-state index contributed by atoms with van der Waals surface area (Å²) in [4.78, 5) is 19.3. The maximum absolute atomic E-state index is 11.1. The number of halogens is 1. The number of imidazole rings is 1. The highest BCUT2D eigenvalue weighted by Gasteiger charge is 2.18. The molecule has 0 spiro atoms. The number of carbonyl (C=O) groups excluding carboxylic acids is 1. The molecular formula is C9H10ClN5O. The summed E-state index contributed by atoms with van der Waals surface area (Å²) in [5.41, 5.74) is 12.0. The fourth-order valence-electron chi connectivity index (χ4n) is 1.48. The monoisotopic (exact) mass is 239 g/mol. The summed E-state index contributed by atoms with van der Waals surface area (Å²) in [5.74, 6) is -0.307. The molecule has 2 heterocycles. The van der Waals surface area contributed by atoms with E-state index in [2.05, 4.69) is 9.97 Å². The molecule has 1 atom stereocenters. The summed E-state index contributed by atoms with van der Waals surface area (Å²) >= 11 is 5.78. The zero-order valence-electron chi connectivity index (χ0n) is 8.51. The number of nitrogens with zero attached hydrogens (tertiary/aromatic N) is 3. The Hall–Kier alpha value is -1.82. The molecule has 0 aromatic carbocycles. The maximum Gasteiger partial charge on any atom is 0.240 e. The molecule has 0 aliphatic carbocycles. The van der Waals surface area contributed by atoms with Crippen LogP contribution >= 0.6 is 11.6 Å². The number of rotatable bonds is 2. The summed E-state index contributed by atoms with van der Waals surface area (Å²) < 4.78 is 1.48. The third-order valence-electron chi connectivity index (χ3n) is 2.32. The average Bonchev–Trinajstić information content (AvgIpc) is 2.51. The van der Waals surface area contributed by atoms with E-state index < -0.39 is 11.9 Å². The topological polar surface area (TPSA) is 99.8 Å². The van der Waals surface area contributed by atoms with Crippen molar-refractivity contribution in [2.45, 2.75) is 13.0 Å². The van der Waals surface area contributed by atoms with Gasteiger partial charge in [0.1, 0.15) is 11.6 Å². The molecule has 7 heteroatoms. The minimum atomic E-state index is -0.598. The van der Waals surface area contributed by atoms with Gasteiger partial charge < -0.3 is 11.5 Å². The lowest BCUT2D eigenvalue weighted by molar-refractivity contribution is -0.120. The first-order chi connectivity index (χ1) is 7.50. The van der Waals surface area contributed by atoms with Gasteiger partial charge in [-0.2, -0.15) is 0 Å². The Bertz CT molecular complexity index is 564. The van der Waals surface area contributed by atoms with Crippen LogP contribution in [-0.4, -0.2) is 20.4 Å². The molecule has 0 radical (unpaired) electrons. The van der Waals surface area contributed by atoms with Crippen molar-refractivity contribution in [1.82, 2.24) is 14.5 Å². The largest absolute Gasteiger partial charge is 0.369 e. The Kier molecular flexibility index (Phi) is 2.43. The number of hydrogen-bond donors (Lipinski definition) is 2. The lowest BCUT2D eigenvalue weighted by Gasteiger charge is -2.10. The van der Waals surface area contributed by atoms with E-state index in [1.54, 1.807) is 13.0 Å². The van der Waals surface area contributed by atoms with Crippen molar-refractivity contribution in [1.29, 1.82) is 0 Å². The molecule has 1 unspecified atom stereocenters. The standard InChI is InChI=1S/C9H10ClN5O/c1-4(7(11)16)15-8-6(14-9(15)12)2-5(10)3-13-8/h2-4H,1H3,(H2,11,16)(H2,12,14). The SMILES string of the molecule is CC(C(N)=O)n1c(N)nc2cc(Cl)cnc21. The van der Waals surface area contributed by atoms with Crippen molar-refractivity contribution in [3.05, 3.63) is 17.3 Å². The highest BCUT2D eigenvalue weighted by atomic mass is 35.5. The van der Waals surface area contributed by atoms with E-state index >= 15 is 0 Å². The molecular weight excluding hydrogens is 230 g/mol. The van der Waals surface area contributed by atoms with Gasteiger partial charge in [0.2, 0.25) is 11.9 Å². The molecule has 2 aromatic heterocycles. The number of amides is 1. The molecule has 2 aromatic rings. The molecule has 0 aliphatic heterocycles. The molecule has 0 fully saturated rings. The van der Waals surface area contributed by atoms with Gasteiger partial charge in [-0.15, -0.1) is 0 Å². The van der Waals surface area contributed by atoms with Crippen LogP contribution in [0.1, 0.15) is 13.0 Å². The van der Waals surface area contributed by atoms with E-state index in [4.69, 9.17) is 23.1 Å². The van der Waals surface area contributed by atoms with Crippen molar-refractivity contribution in [2.24, 2.45) is 5.73 Å². The Morgan fingerprint density at radius 1 is 1.62 bits per heavy atom. The number of nitrogen functional groups attached to an aromatic ring is 1. The average molecular weight is 240 g/mol. The first kappa shape index (κ1) is 10.7. The summed E-state index contributed by atoms with van der Waals surface area (Å²) in [6, 6.07) is 1.03. The van der Waals surface area contributed by atoms with Crippen LogP contribution in [0.4, 0.5) is 5.95 Å². The predicted octanol–water partition coefficient (Wildman–Crippen LogP) is 0.713. The lowest BCUT2D eigenvalue weighted by atomic mass is 10.3. The second-order valence-corrected chi connectivity index (χ2v) is 3.85. The molecule has 16 heavy (non-hydrogen) atoms. The van der Waals surface area contributed by atoms with Crippen molar-refractivity contribution < 1.29 is 4.79 Å². The third kappa shape index (κ3) is 1.57. The van der Waals surface area contributed by atoms with E-state index in [0.717, 1.165) is 0 Å². The minimum Gasteiger partial charge on any atom is -0.369 e. The molecule has 84 valence electrons. The van der Waals surface area contributed by atoms with Crippen LogP contribution in [0.3, 0.4) is 0 Å². The molecule has 1 amide bonds. The molecule has 6 nitrogen and oxygen atoms in total. The molecule has 4 N–H and O–H groups in total. The second-order valence-electron chi connectivity index (χ2n) is 3.41. The number of aromatic nitrogens is 3. The summed E-state index contributed by atoms with van der Waals surface area (Å²) in [7, 11) is 0. The Balaban J connectivity index is 2.69. The maximum atomic E-state index is 11.1. The van der Waals surface area contributed by atoms with E-state index in [-0.39, 0.29) is 5.95 Å². The van der Waals surface area contributed by atoms with Gasteiger partial charge in [-0.25, -0.2) is 9.97 Å². The second kappa shape index (κ2) is 3.64. The van der Waals surface area contributed by atoms with Crippen molar-refractivity contribution in [3.63, 3.8) is 0 Å². The number of anilines is 1. The number of fused-ring (bicyclic) bond motifs is 1. The van der Waals surface area contributed by atoms with Gasteiger partial charge in [0.05, 0.1) is 5.02 Å². The van der Waals surface area contributed by atoms with Gasteiger partial charge in [-0.05, 0) is 13.0 Å². The van der Waals surface area contributed by atoms with Crippen LogP contribution in [0.15, 0.2) is 12.3 Å². The van der Waals surface area contributed by atoms with Gasteiger partial charge >= 0.3 is 0 Å². The number of carbonyl (C=O) groups is 1. The fraction of sp³-hybridized carbons (Fsp3) is 0.222. The summed E-state index contributed by atoms with van der Waals surface area (Å²) in [6.45, 7) is 1.64. The van der Waals surface area contributed by atoms with E-state index in [1.165, 1.54) is 10.8 Å². The highest BCUT2D eigenvalue weighted by Crippen LogP contribution is 2.22. The first-order valence-electron chi connectivity index (χ1n) is 4.59. The van der Waals surface area contributed by atoms with Crippen molar-refractivity contribution in [3.8, 4) is 0 Å². The van der Waals surface area contributed by atoms with E-state index in [9.17, 15) is 4.79 Å². The Morgan fingerprint density at radius 2 is 2.31 bits per heavy atom. The van der Waals surface area contributed by atoms with E-state index in [0.29, 0.717) is 16.2 Å². The predicted molar refractivity (Wildman–Crippen MR) is 60.9 cm³/mol. The molecule has 0 saturated carbocycles. The zero-order chi connectivity index (χ0) is 11.9. The smallest absolute Gasteiger partial charge is 0.240 e. The van der Waals surface area contributed by atoms with Gasteiger partial charge in [-0.3, -0.25) is 9.36 Å². The van der Waals surface area contributed by atoms with Crippen LogP contribution in [0.25, 0.3) is 11.2 Å². The van der Waals surface area contributed by atoms with E-state index in [1.807, 2.05) is 0 Å². The van der Waals surface area contributed by atoms with Gasteiger partial charge in [0, 0.05) is 6.20 Å². The van der Waals surface area contributed by atoms with Crippen LogP contribution < -0.4 is 11.5 Å². The number of pyridine rings is 1. The highest BCUT2D eigenvalue weighted by molar-refractivity contribution is 6.31. The van der Waals surface area contributed by atoms with Crippen molar-refractivity contribution >= 4 is 34.6 Å². The molecule has 2 rings (SSSR count). The lowest BCUT2D eigenvalue weighted by Crippen LogP contribution is -2.25. The number of primary amides is 1. The minimum absolute atomic E-state index is 0.191. The number of hydrogen-bond acceptors (Lipinski definition) is 4. The summed E-state index contributed by atoms with van der Waals surface area (Å²) in [5, 5.41) is 0.462. The van der Waals surface area contributed by atoms with Crippen molar-refractivity contribution in [2.75, 3.05) is 5.73 Å². The Labute approximate surface area is 96.2 Å². The molecule has 0 aliphatic rings. The van der Waals surface area contributed by atoms with Crippen LogP contribution in [0.5, 0.6) is 0 Å². The summed E-state index contributed by atoms with van der Waals surface area (Å²) in [6.07, 6.45) is 1.47. The van der Waals surface area contributed by atoms with Crippen LogP contribution in [0, 0.1) is 0 Å². The quantitative estimate of drug-likeness (QED) is 0.806.